The van der Waals surface area contributed by atoms with Crippen molar-refractivity contribution in [2.45, 2.75) is 6.92 Å². The van der Waals surface area contributed by atoms with Crippen molar-refractivity contribution in [1.29, 1.82) is 5.26 Å². The standard InChI is InChI=1S/C12H9BrFN3O/c1-2-18-12-10(13)11(16-17-12)7-3-4-8(6-15)9(14)5-7/h3-5H,2H2,1H3,(H,16,17). The lowest BCUT2D eigenvalue weighted by atomic mass is 10.1. The van der Waals surface area contributed by atoms with E-state index in [9.17, 15) is 4.39 Å². The van der Waals surface area contributed by atoms with Crippen LogP contribution in [0.1, 0.15) is 12.5 Å². The Morgan fingerprint density at radius 1 is 1.56 bits per heavy atom. The quantitative estimate of drug-likeness (QED) is 0.946. The predicted octanol–water partition coefficient (Wildman–Crippen LogP) is 3.25. The molecule has 0 atom stereocenters. The maximum absolute atomic E-state index is 13.5. The van der Waals surface area contributed by atoms with Crippen LogP contribution in [0.3, 0.4) is 0 Å². The number of nitriles is 1. The van der Waals surface area contributed by atoms with Gasteiger partial charge in [0.15, 0.2) is 0 Å². The Kier molecular flexibility index (Phi) is 3.63. The van der Waals surface area contributed by atoms with Crippen molar-refractivity contribution in [2.24, 2.45) is 0 Å². The number of nitrogens with zero attached hydrogens (tertiary/aromatic N) is 2. The van der Waals surface area contributed by atoms with Crippen molar-refractivity contribution < 1.29 is 9.13 Å². The number of hydrogen-bond acceptors (Lipinski definition) is 3. The second-order valence-electron chi connectivity index (χ2n) is 3.45. The van der Waals surface area contributed by atoms with E-state index in [0.717, 1.165) is 0 Å². The Labute approximate surface area is 112 Å². The van der Waals surface area contributed by atoms with Gasteiger partial charge in [-0.15, -0.1) is 0 Å². The molecule has 0 aliphatic rings. The first kappa shape index (κ1) is 12.6. The molecule has 0 fully saturated rings. The van der Waals surface area contributed by atoms with Crippen LogP contribution in [-0.2, 0) is 0 Å². The van der Waals surface area contributed by atoms with Crippen LogP contribution >= 0.6 is 15.9 Å². The molecule has 2 aromatic rings. The number of ether oxygens (including phenoxy) is 1. The highest BCUT2D eigenvalue weighted by molar-refractivity contribution is 9.10. The highest BCUT2D eigenvalue weighted by Crippen LogP contribution is 2.33. The topological polar surface area (TPSA) is 61.7 Å². The second-order valence-corrected chi connectivity index (χ2v) is 4.25. The summed E-state index contributed by atoms with van der Waals surface area (Å²) in [5, 5.41) is 15.4. The van der Waals surface area contributed by atoms with E-state index in [1.54, 1.807) is 12.1 Å². The fraction of sp³-hybridized carbons (Fsp3) is 0.167. The smallest absolute Gasteiger partial charge is 0.224 e. The van der Waals surface area contributed by atoms with Gasteiger partial charge in [-0.1, -0.05) is 6.07 Å². The van der Waals surface area contributed by atoms with Gasteiger partial charge in [0.05, 0.1) is 12.2 Å². The lowest BCUT2D eigenvalue weighted by Crippen LogP contribution is -1.91. The summed E-state index contributed by atoms with van der Waals surface area (Å²) in [6.07, 6.45) is 0. The van der Waals surface area contributed by atoms with E-state index in [4.69, 9.17) is 10.00 Å². The highest BCUT2D eigenvalue weighted by atomic mass is 79.9. The Bertz CT molecular complexity index is 618. The number of benzene rings is 1. The summed E-state index contributed by atoms with van der Waals surface area (Å²) in [6.45, 7) is 2.36. The molecule has 2 rings (SSSR count). The van der Waals surface area contributed by atoms with Crippen molar-refractivity contribution in [3.05, 3.63) is 34.1 Å². The van der Waals surface area contributed by atoms with Crippen molar-refractivity contribution in [1.82, 2.24) is 10.2 Å². The van der Waals surface area contributed by atoms with E-state index in [1.807, 2.05) is 6.92 Å². The molecule has 1 aromatic heterocycles. The van der Waals surface area contributed by atoms with E-state index in [-0.39, 0.29) is 5.56 Å². The molecule has 0 radical (unpaired) electrons. The van der Waals surface area contributed by atoms with Gasteiger partial charge >= 0.3 is 0 Å². The minimum atomic E-state index is -0.567. The minimum absolute atomic E-state index is 0.00967. The SMILES string of the molecule is CCOc1[nH]nc(-c2ccc(C#N)c(F)c2)c1Br. The first-order chi connectivity index (χ1) is 8.67. The largest absolute Gasteiger partial charge is 0.477 e. The van der Waals surface area contributed by atoms with Gasteiger partial charge in [0.2, 0.25) is 5.88 Å². The first-order valence-electron chi connectivity index (χ1n) is 5.24. The predicted molar refractivity (Wildman–Crippen MR) is 67.6 cm³/mol. The van der Waals surface area contributed by atoms with Gasteiger partial charge < -0.3 is 4.74 Å². The van der Waals surface area contributed by atoms with E-state index in [1.165, 1.54) is 12.1 Å². The third kappa shape index (κ3) is 2.22. The Hall–Kier alpha value is -1.87. The molecule has 6 heteroatoms. The molecule has 0 amide bonds. The monoisotopic (exact) mass is 309 g/mol. The van der Waals surface area contributed by atoms with Crippen LogP contribution in [0.5, 0.6) is 5.88 Å². The lowest BCUT2D eigenvalue weighted by Gasteiger charge is -2.01. The summed E-state index contributed by atoms with van der Waals surface area (Å²) >= 11 is 3.34. The zero-order chi connectivity index (χ0) is 13.1. The number of rotatable bonds is 3. The third-order valence-corrected chi connectivity index (χ3v) is 3.06. The summed E-state index contributed by atoms with van der Waals surface area (Å²) in [5.41, 5.74) is 1.12. The molecule has 0 bridgehead atoms. The number of nitrogens with one attached hydrogen (secondary N) is 1. The summed E-state index contributed by atoms with van der Waals surface area (Å²) in [7, 11) is 0. The van der Waals surface area contributed by atoms with E-state index in [0.29, 0.717) is 28.2 Å². The Balaban J connectivity index is 2.43. The van der Waals surface area contributed by atoms with Crippen LogP contribution in [0, 0.1) is 17.1 Å². The molecule has 0 unspecified atom stereocenters. The van der Waals surface area contributed by atoms with Crippen LogP contribution in [0.15, 0.2) is 22.7 Å². The zero-order valence-corrected chi connectivity index (χ0v) is 11.1. The summed E-state index contributed by atoms with van der Waals surface area (Å²) < 4.78 is 19.5. The Morgan fingerprint density at radius 2 is 2.33 bits per heavy atom. The Morgan fingerprint density at radius 3 is 2.94 bits per heavy atom. The molecule has 1 N–H and O–H groups in total. The number of halogens is 2. The van der Waals surface area contributed by atoms with Gasteiger partial charge in [-0.25, -0.2) is 9.49 Å². The average molecular weight is 310 g/mol. The van der Waals surface area contributed by atoms with Crippen LogP contribution in [0.2, 0.25) is 0 Å². The molecule has 0 saturated heterocycles. The van der Waals surface area contributed by atoms with Gasteiger partial charge in [0, 0.05) is 5.56 Å². The normalized spacial score (nSPS) is 10.1. The number of aromatic amines is 1. The molecule has 0 aliphatic carbocycles. The van der Waals surface area contributed by atoms with Gasteiger partial charge in [0.1, 0.15) is 22.1 Å². The van der Waals surface area contributed by atoms with E-state index in [2.05, 4.69) is 26.1 Å². The van der Waals surface area contributed by atoms with Gasteiger partial charge in [0.25, 0.3) is 0 Å². The lowest BCUT2D eigenvalue weighted by molar-refractivity contribution is 0.324. The summed E-state index contributed by atoms with van der Waals surface area (Å²) in [6, 6.07) is 6.11. The van der Waals surface area contributed by atoms with Crippen molar-refractivity contribution >= 4 is 15.9 Å². The fourth-order valence-corrected chi connectivity index (χ4v) is 2.02. The number of aromatic nitrogens is 2. The molecule has 0 aliphatic heterocycles. The molecular weight excluding hydrogens is 301 g/mol. The van der Waals surface area contributed by atoms with Crippen LogP contribution in [0.4, 0.5) is 4.39 Å². The van der Waals surface area contributed by atoms with Gasteiger partial charge in [-0.3, -0.25) is 0 Å². The van der Waals surface area contributed by atoms with Crippen LogP contribution in [-0.4, -0.2) is 16.8 Å². The maximum Gasteiger partial charge on any atom is 0.224 e. The van der Waals surface area contributed by atoms with Crippen molar-refractivity contribution in [3.8, 4) is 23.2 Å². The van der Waals surface area contributed by atoms with Gasteiger partial charge in [-0.2, -0.15) is 10.4 Å². The minimum Gasteiger partial charge on any atom is -0.477 e. The number of hydrogen-bond donors (Lipinski definition) is 1. The molecular formula is C12H9BrFN3O. The van der Waals surface area contributed by atoms with Crippen molar-refractivity contribution in [3.63, 3.8) is 0 Å². The molecule has 1 aromatic carbocycles. The van der Waals surface area contributed by atoms with E-state index < -0.39 is 5.82 Å². The van der Waals surface area contributed by atoms with E-state index >= 15 is 0 Å². The molecule has 18 heavy (non-hydrogen) atoms. The van der Waals surface area contributed by atoms with Gasteiger partial charge in [-0.05, 0) is 35.0 Å². The molecule has 1 heterocycles. The highest BCUT2D eigenvalue weighted by Gasteiger charge is 2.14. The summed E-state index contributed by atoms with van der Waals surface area (Å²) in [5.74, 6) is -0.0693. The number of H-pyrrole nitrogens is 1. The second kappa shape index (κ2) is 5.19. The van der Waals surface area contributed by atoms with Crippen molar-refractivity contribution in [2.75, 3.05) is 6.61 Å². The summed E-state index contributed by atoms with van der Waals surface area (Å²) in [4.78, 5) is 0. The molecule has 92 valence electrons. The first-order valence-corrected chi connectivity index (χ1v) is 6.03. The molecule has 0 spiro atoms. The average Bonchev–Trinajstić information content (AvgIpc) is 2.72. The fourth-order valence-electron chi connectivity index (χ4n) is 1.50. The maximum atomic E-state index is 13.5. The third-order valence-electron chi connectivity index (χ3n) is 2.33. The zero-order valence-electron chi connectivity index (χ0n) is 9.50. The van der Waals surface area contributed by atoms with Crippen LogP contribution < -0.4 is 4.74 Å². The van der Waals surface area contributed by atoms with Crippen LogP contribution in [0.25, 0.3) is 11.3 Å². The molecule has 0 saturated carbocycles. The molecule has 4 nitrogen and oxygen atoms in total.